The van der Waals surface area contributed by atoms with Crippen molar-refractivity contribution in [2.45, 2.75) is 32.7 Å². The Morgan fingerprint density at radius 2 is 1.74 bits per heavy atom. The van der Waals surface area contributed by atoms with E-state index in [2.05, 4.69) is 15.3 Å². The Labute approximate surface area is 214 Å². The first kappa shape index (κ1) is 24.8. The highest BCUT2D eigenvalue weighted by molar-refractivity contribution is 6.40. The van der Waals surface area contributed by atoms with Crippen molar-refractivity contribution in [2.75, 3.05) is 11.9 Å². The minimum atomic E-state index is -0.763. The van der Waals surface area contributed by atoms with Gasteiger partial charge in [-0.1, -0.05) is 53.5 Å². The zero-order valence-electron chi connectivity index (χ0n) is 19.7. The quantitative estimate of drug-likeness (QED) is 0.349. The maximum absolute atomic E-state index is 13.5. The minimum Gasteiger partial charge on any atom is -0.357 e. The van der Waals surface area contributed by atoms with Gasteiger partial charge in [0.15, 0.2) is 0 Å². The van der Waals surface area contributed by atoms with Gasteiger partial charge in [0.2, 0.25) is 11.8 Å². The smallest absolute Gasteiger partial charge is 0.249 e. The molecule has 4 aromatic rings. The summed E-state index contributed by atoms with van der Waals surface area (Å²) in [5.41, 5.74) is 4.71. The number of hydrogen-bond acceptors (Lipinski definition) is 3. The number of carbonyl (C=O) groups is 2. The van der Waals surface area contributed by atoms with Crippen LogP contribution in [0.2, 0.25) is 10.0 Å². The number of amides is 2. The molecule has 0 saturated carbocycles. The van der Waals surface area contributed by atoms with E-state index < -0.39 is 6.04 Å². The zero-order chi connectivity index (χ0) is 25.1. The number of carbonyl (C=O) groups excluding carboxylic acids is 2. The van der Waals surface area contributed by atoms with Crippen LogP contribution in [-0.2, 0) is 22.4 Å². The third kappa shape index (κ3) is 5.50. The summed E-state index contributed by atoms with van der Waals surface area (Å²) < 4.78 is 0. The van der Waals surface area contributed by atoms with E-state index in [-0.39, 0.29) is 18.2 Å². The molecular weight excluding hydrogens is 483 g/mol. The second-order valence-electron chi connectivity index (χ2n) is 8.55. The molecule has 2 N–H and O–H groups in total. The van der Waals surface area contributed by atoms with E-state index in [1.165, 1.54) is 4.90 Å². The van der Waals surface area contributed by atoms with Gasteiger partial charge in [0.05, 0.1) is 33.9 Å². The third-order valence-electron chi connectivity index (χ3n) is 6.04. The van der Waals surface area contributed by atoms with E-state index in [0.717, 1.165) is 27.9 Å². The zero-order valence-corrected chi connectivity index (χ0v) is 21.2. The number of nitrogens with zero attached hydrogens (tertiary/aromatic N) is 2. The van der Waals surface area contributed by atoms with Crippen LogP contribution >= 0.6 is 23.2 Å². The van der Waals surface area contributed by atoms with Crippen LogP contribution in [0.15, 0.2) is 60.8 Å². The SMILES string of the molecule is Cc1ccc(N(C)C(=O)[C@H](Cc2ccccc2)NC(=O)Cc2c(C)[nH]c3c(Cl)ccc(Cl)c23)cn1. The highest BCUT2D eigenvalue weighted by atomic mass is 35.5. The van der Waals surface area contributed by atoms with Crippen molar-refractivity contribution in [3.63, 3.8) is 0 Å². The van der Waals surface area contributed by atoms with E-state index in [1.807, 2.05) is 56.3 Å². The average Bonchev–Trinajstić information content (AvgIpc) is 3.18. The summed E-state index contributed by atoms with van der Waals surface area (Å²) in [6.07, 6.45) is 2.06. The molecule has 0 unspecified atom stereocenters. The van der Waals surface area contributed by atoms with Gasteiger partial charge < -0.3 is 15.2 Å². The Morgan fingerprint density at radius 3 is 2.43 bits per heavy atom. The van der Waals surface area contributed by atoms with E-state index in [9.17, 15) is 9.59 Å². The number of anilines is 1. The first-order chi connectivity index (χ1) is 16.7. The highest BCUT2D eigenvalue weighted by Gasteiger charge is 2.26. The van der Waals surface area contributed by atoms with E-state index in [4.69, 9.17) is 23.2 Å². The normalized spacial score (nSPS) is 11.9. The van der Waals surface area contributed by atoms with Crippen LogP contribution in [0.25, 0.3) is 10.9 Å². The number of likely N-dealkylation sites (N-methyl/N-ethyl adjacent to an activating group) is 1. The summed E-state index contributed by atoms with van der Waals surface area (Å²) in [6, 6.07) is 16.0. The van der Waals surface area contributed by atoms with E-state index in [0.29, 0.717) is 27.7 Å². The first-order valence-corrected chi connectivity index (χ1v) is 12.0. The molecule has 8 heteroatoms. The number of benzene rings is 2. The molecule has 0 aliphatic carbocycles. The number of H-pyrrole nitrogens is 1. The summed E-state index contributed by atoms with van der Waals surface area (Å²) in [5.74, 6) is -0.515. The standard InChI is InChI=1S/C27H26Cl2N4O2/c1-16-9-10-19(15-30-16)33(3)27(35)23(13-18-7-5-4-6-8-18)32-24(34)14-20-17(2)31-26-22(29)12-11-21(28)25(20)26/h4-12,15,23,31H,13-14H2,1-3H3,(H,32,34)/t23-/m0/s1. The third-order valence-corrected chi connectivity index (χ3v) is 6.67. The van der Waals surface area contributed by atoms with Crippen LogP contribution in [0.1, 0.15) is 22.5 Å². The lowest BCUT2D eigenvalue weighted by Crippen LogP contribution is -2.49. The number of aromatic amines is 1. The van der Waals surface area contributed by atoms with Gasteiger partial charge in [-0.25, -0.2) is 0 Å². The minimum absolute atomic E-state index is 0.0558. The molecule has 0 bridgehead atoms. The molecule has 6 nitrogen and oxygen atoms in total. The predicted molar refractivity (Wildman–Crippen MR) is 141 cm³/mol. The van der Waals surface area contributed by atoms with Crippen LogP contribution < -0.4 is 10.2 Å². The van der Waals surface area contributed by atoms with Crippen LogP contribution in [0.5, 0.6) is 0 Å². The number of fused-ring (bicyclic) bond motifs is 1. The van der Waals surface area contributed by atoms with Gasteiger partial charge in [0.25, 0.3) is 0 Å². The molecule has 2 aromatic carbocycles. The molecular formula is C27H26Cl2N4O2. The van der Waals surface area contributed by atoms with Crippen molar-refractivity contribution in [2.24, 2.45) is 0 Å². The number of pyridine rings is 1. The van der Waals surface area contributed by atoms with Crippen molar-refractivity contribution in [3.8, 4) is 0 Å². The van der Waals surface area contributed by atoms with Gasteiger partial charge >= 0.3 is 0 Å². The molecule has 0 aliphatic rings. The van der Waals surface area contributed by atoms with Gasteiger partial charge in [-0.3, -0.25) is 14.6 Å². The van der Waals surface area contributed by atoms with Crippen LogP contribution in [0, 0.1) is 13.8 Å². The highest BCUT2D eigenvalue weighted by Crippen LogP contribution is 2.34. The average molecular weight is 509 g/mol. The van der Waals surface area contributed by atoms with Gasteiger partial charge in [0.1, 0.15) is 6.04 Å². The van der Waals surface area contributed by atoms with Crippen LogP contribution in [0.4, 0.5) is 5.69 Å². The molecule has 1 atom stereocenters. The summed E-state index contributed by atoms with van der Waals surface area (Å²) in [5, 5.41) is 4.72. The van der Waals surface area contributed by atoms with E-state index in [1.54, 1.807) is 25.4 Å². The van der Waals surface area contributed by atoms with E-state index >= 15 is 0 Å². The Kier molecular flexibility index (Phi) is 7.43. The lowest BCUT2D eigenvalue weighted by atomic mass is 10.0. The number of hydrogen-bond donors (Lipinski definition) is 2. The number of aryl methyl sites for hydroxylation is 2. The Morgan fingerprint density at radius 1 is 1.03 bits per heavy atom. The Balaban J connectivity index is 1.59. The largest absolute Gasteiger partial charge is 0.357 e. The molecule has 0 fully saturated rings. The fourth-order valence-corrected chi connectivity index (χ4v) is 4.59. The molecule has 2 heterocycles. The van der Waals surface area contributed by atoms with Gasteiger partial charge in [-0.15, -0.1) is 0 Å². The molecule has 0 aliphatic heterocycles. The second kappa shape index (κ2) is 10.5. The fraction of sp³-hybridized carbons (Fsp3) is 0.222. The Bertz CT molecular complexity index is 1370. The summed E-state index contributed by atoms with van der Waals surface area (Å²) >= 11 is 12.8. The summed E-state index contributed by atoms with van der Waals surface area (Å²) in [4.78, 5) is 35.7. The van der Waals surface area contributed by atoms with Crippen molar-refractivity contribution in [1.82, 2.24) is 15.3 Å². The number of halogens is 2. The molecule has 35 heavy (non-hydrogen) atoms. The molecule has 180 valence electrons. The lowest BCUT2D eigenvalue weighted by molar-refractivity contribution is -0.127. The maximum Gasteiger partial charge on any atom is 0.249 e. The molecule has 0 saturated heterocycles. The van der Waals surface area contributed by atoms with Crippen molar-refractivity contribution < 1.29 is 9.59 Å². The van der Waals surface area contributed by atoms with Gasteiger partial charge in [-0.2, -0.15) is 0 Å². The number of aromatic nitrogens is 2. The van der Waals surface area contributed by atoms with Gasteiger partial charge in [-0.05, 0) is 49.2 Å². The molecule has 2 aromatic heterocycles. The monoisotopic (exact) mass is 508 g/mol. The lowest BCUT2D eigenvalue weighted by Gasteiger charge is -2.25. The summed E-state index contributed by atoms with van der Waals surface area (Å²) in [6.45, 7) is 3.76. The first-order valence-electron chi connectivity index (χ1n) is 11.2. The number of rotatable bonds is 7. The Hall–Kier alpha value is -3.35. The second-order valence-corrected chi connectivity index (χ2v) is 9.36. The van der Waals surface area contributed by atoms with Gasteiger partial charge in [0, 0.05) is 30.2 Å². The fourth-order valence-electron chi connectivity index (χ4n) is 4.12. The van der Waals surface area contributed by atoms with Crippen molar-refractivity contribution >= 4 is 51.6 Å². The molecule has 4 rings (SSSR count). The molecule has 0 spiro atoms. The van der Waals surface area contributed by atoms with Crippen LogP contribution in [0.3, 0.4) is 0 Å². The maximum atomic E-state index is 13.5. The van der Waals surface area contributed by atoms with Crippen molar-refractivity contribution in [1.29, 1.82) is 0 Å². The molecule has 0 radical (unpaired) electrons. The topological polar surface area (TPSA) is 78.1 Å². The predicted octanol–water partition coefficient (Wildman–Crippen LogP) is 5.42. The number of nitrogens with one attached hydrogen (secondary N) is 2. The van der Waals surface area contributed by atoms with Crippen LogP contribution in [-0.4, -0.2) is 34.9 Å². The molecule has 2 amide bonds. The van der Waals surface area contributed by atoms with Crippen molar-refractivity contribution in [3.05, 3.63) is 93.4 Å². The summed E-state index contributed by atoms with van der Waals surface area (Å²) in [7, 11) is 1.68.